The minimum atomic E-state index is -4.82. The van der Waals surface area contributed by atoms with Crippen molar-refractivity contribution in [3.63, 3.8) is 0 Å². The first-order valence-electron chi connectivity index (χ1n) is 9.08. The van der Waals surface area contributed by atoms with Crippen molar-refractivity contribution in [1.82, 2.24) is 0 Å². The van der Waals surface area contributed by atoms with Crippen LogP contribution in [0.25, 0.3) is 17.2 Å². The molecule has 0 radical (unpaired) electrons. The molecular formula is C22H21F3O3. The summed E-state index contributed by atoms with van der Waals surface area (Å²) in [6.45, 7) is 6.06. The number of aryl methyl sites for hydroxylation is 1. The van der Waals surface area contributed by atoms with E-state index in [1.54, 1.807) is 6.07 Å². The maximum atomic E-state index is 13.3. The highest BCUT2D eigenvalue weighted by molar-refractivity contribution is 5.97. The molecule has 1 heterocycles. The predicted octanol–water partition coefficient (Wildman–Crippen LogP) is 5.83. The minimum Gasteiger partial charge on any atom is -0.478 e. The summed E-state index contributed by atoms with van der Waals surface area (Å²) >= 11 is 0. The number of hydrogen-bond acceptors (Lipinski definition) is 2. The molecule has 0 aromatic heterocycles. The second-order valence-electron chi connectivity index (χ2n) is 7.09. The molecule has 1 N–H and O–H groups in total. The first-order chi connectivity index (χ1) is 13.1. The van der Waals surface area contributed by atoms with Crippen LogP contribution in [-0.4, -0.2) is 23.4 Å². The SMILES string of the molecule is CCc1ccc2c(c1-c1cccc(C(C)C)c1)C=C(C(=O)O)C(C(F)(F)F)O2. The predicted molar refractivity (Wildman–Crippen MR) is 101 cm³/mol. The number of ether oxygens (including phenoxy) is 1. The quantitative estimate of drug-likeness (QED) is 0.714. The normalized spacial score (nSPS) is 16.4. The number of hydrogen-bond donors (Lipinski definition) is 1. The highest BCUT2D eigenvalue weighted by Crippen LogP contribution is 2.43. The first kappa shape index (κ1) is 20.0. The lowest BCUT2D eigenvalue weighted by Crippen LogP contribution is -2.40. The van der Waals surface area contributed by atoms with Crippen LogP contribution in [0.1, 0.15) is 43.4 Å². The van der Waals surface area contributed by atoms with Crippen molar-refractivity contribution in [1.29, 1.82) is 0 Å². The number of carbonyl (C=O) groups is 1. The van der Waals surface area contributed by atoms with Gasteiger partial charge in [-0.3, -0.25) is 0 Å². The molecule has 1 atom stereocenters. The average Bonchev–Trinajstić information content (AvgIpc) is 2.65. The molecule has 3 rings (SSSR count). The van der Waals surface area contributed by atoms with Gasteiger partial charge in [0.2, 0.25) is 6.10 Å². The van der Waals surface area contributed by atoms with E-state index in [1.807, 2.05) is 31.2 Å². The topological polar surface area (TPSA) is 46.5 Å². The van der Waals surface area contributed by atoms with E-state index in [4.69, 9.17) is 4.74 Å². The molecule has 0 fully saturated rings. The molecule has 1 aliphatic rings. The molecule has 0 bridgehead atoms. The lowest BCUT2D eigenvalue weighted by molar-refractivity contribution is -0.187. The van der Waals surface area contributed by atoms with Crippen LogP contribution in [0.4, 0.5) is 13.2 Å². The van der Waals surface area contributed by atoms with E-state index in [2.05, 4.69) is 13.8 Å². The lowest BCUT2D eigenvalue weighted by Gasteiger charge is -2.29. The highest BCUT2D eigenvalue weighted by atomic mass is 19.4. The van der Waals surface area contributed by atoms with Crippen molar-refractivity contribution in [2.45, 2.75) is 45.4 Å². The summed E-state index contributed by atoms with van der Waals surface area (Å²) in [4.78, 5) is 11.5. The molecule has 148 valence electrons. The zero-order chi connectivity index (χ0) is 20.6. The zero-order valence-electron chi connectivity index (χ0n) is 15.8. The van der Waals surface area contributed by atoms with Gasteiger partial charge in [0.25, 0.3) is 0 Å². The summed E-state index contributed by atoms with van der Waals surface area (Å²) in [5.74, 6) is -1.33. The summed E-state index contributed by atoms with van der Waals surface area (Å²) in [5, 5.41) is 9.35. The second kappa shape index (κ2) is 7.34. The van der Waals surface area contributed by atoms with Gasteiger partial charge in [-0.1, -0.05) is 51.1 Å². The smallest absolute Gasteiger partial charge is 0.430 e. The second-order valence-corrected chi connectivity index (χ2v) is 7.09. The molecule has 0 spiro atoms. The molecule has 0 aliphatic carbocycles. The average molecular weight is 390 g/mol. The summed E-state index contributed by atoms with van der Waals surface area (Å²) in [7, 11) is 0. The van der Waals surface area contributed by atoms with Crippen molar-refractivity contribution in [3.8, 4) is 16.9 Å². The van der Waals surface area contributed by atoms with Crippen LogP contribution in [0.15, 0.2) is 42.0 Å². The van der Waals surface area contributed by atoms with Crippen molar-refractivity contribution in [3.05, 3.63) is 58.7 Å². The maximum Gasteiger partial charge on any atom is 0.430 e. The van der Waals surface area contributed by atoms with E-state index in [-0.39, 0.29) is 11.7 Å². The van der Waals surface area contributed by atoms with Crippen LogP contribution in [0.3, 0.4) is 0 Å². The fourth-order valence-corrected chi connectivity index (χ4v) is 3.42. The van der Waals surface area contributed by atoms with E-state index >= 15 is 0 Å². The van der Waals surface area contributed by atoms with Crippen LogP contribution in [-0.2, 0) is 11.2 Å². The van der Waals surface area contributed by atoms with Crippen LogP contribution in [0.2, 0.25) is 0 Å². The van der Waals surface area contributed by atoms with E-state index in [0.717, 1.165) is 22.8 Å². The molecule has 1 aliphatic heterocycles. The van der Waals surface area contributed by atoms with Gasteiger partial charge in [0.1, 0.15) is 5.75 Å². The van der Waals surface area contributed by atoms with Gasteiger partial charge in [0.15, 0.2) is 0 Å². The monoisotopic (exact) mass is 390 g/mol. The van der Waals surface area contributed by atoms with Crippen LogP contribution < -0.4 is 4.74 Å². The van der Waals surface area contributed by atoms with E-state index < -0.39 is 23.8 Å². The summed E-state index contributed by atoms with van der Waals surface area (Å²) < 4.78 is 45.1. The molecular weight excluding hydrogens is 369 g/mol. The molecule has 0 saturated heterocycles. The fourth-order valence-electron chi connectivity index (χ4n) is 3.42. The number of carboxylic acids is 1. The van der Waals surface area contributed by atoms with Crippen LogP contribution in [0, 0.1) is 0 Å². The standard InChI is InChI=1S/C22H21F3O3/c1-4-13-8-9-18-16(11-17(21(26)27)20(28-18)22(23,24)25)19(13)15-7-5-6-14(10-15)12(2)3/h5-12,20H,4H2,1-3H3,(H,26,27). The summed E-state index contributed by atoms with van der Waals surface area (Å²) in [6, 6.07) is 11.0. The fraction of sp³-hybridized carbons (Fsp3) is 0.318. The number of aliphatic carboxylic acids is 1. The minimum absolute atomic E-state index is 0.0366. The summed E-state index contributed by atoms with van der Waals surface area (Å²) in [6.07, 6.45) is -5.55. The third-order valence-corrected chi connectivity index (χ3v) is 4.89. The van der Waals surface area contributed by atoms with E-state index in [1.165, 1.54) is 6.07 Å². The van der Waals surface area contributed by atoms with Gasteiger partial charge >= 0.3 is 12.1 Å². The van der Waals surface area contributed by atoms with Crippen molar-refractivity contribution in [2.24, 2.45) is 0 Å². The third-order valence-electron chi connectivity index (χ3n) is 4.89. The first-order valence-corrected chi connectivity index (χ1v) is 9.08. The summed E-state index contributed by atoms with van der Waals surface area (Å²) in [5.41, 5.74) is 3.10. The molecule has 2 aromatic rings. The largest absolute Gasteiger partial charge is 0.478 e. The molecule has 1 unspecified atom stereocenters. The molecule has 0 amide bonds. The number of rotatable bonds is 4. The molecule has 28 heavy (non-hydrogen) atoms. The lowest BCUT2D eigenvalue weighted by atomic mass is 9.87. The van der Waals surface area contributed by atoms with E-state index in [0.29, 0.717) is 17.5 Å². The van der Waals surface area contributed by atoms with Gasteiger partial charge in [0, 0.05) is 5.56 Å². The number of fused-ring (bicyclic) bond motifs is 1. The number of carboxylic acid groups (broad SMARTS) is 1. The molecule has 0 saturated carbocycles. The van der Waals surface area contributed by atoms with Crippen molar-refractivity contribution in [2.75, 3.05) is 0 Å². The van der Waals surface area contributed by atoms with Gasteiger partial charge < -0.3 is 9.84 Å². The molecule has 2 aromatic carbocycles. The van der Waals surface area contributed by atoms with Gasteiger partial charge in [0.05, 0.1) is 5.57 Å². The zero-order valence-corrected chi connectivity index (χ0v) is 15.8. The number of alkyl halides is 3. The van der Waals surface area contributed by atoms with Gasteiger partial charge in [-0.25, -0.2) is 4.79 Å². The third kappa shape index (κ3) is 3.63. The Balaban J connectivity index is 2.27. The van der Waals surface area contributed by atoms with Crippen molar-refractivity contribution < 1.29 is 27.8 Å². The van der Waals surface area contributed by atoms with Gasteiger partial charge in [-0.2, -0.15) is 13.2 Å². The van der Waals surface area contributed by atoms with Crippen molar-refractivity contribution >= 4 is 12.0 Å². The van der Waals surface area contributed by atoms with Gasteiger partial charge in [-0.05, 0) is 46.7 Å². The molecule has 6 heteroatoms. The highest BCUT2D eigenvalue weighted by Gasteiger charge is 2.48. The van der Waals surface area contributed by atoms with Crippen LogP contribution in [0.5, 0.6) is 5.75 Å². The molecule has 3 nitrogen and oxygen atoms in total. The van der Waals surface area contributed by atoms with E-state index in [9.17, 15) is 23.1 Å². The number of benzene rings is 2. The Morgan fingerprint density at radius 1 is 1.21 bits per heavy atom. The maximum absolute atomic E-state index is 13.3. The Bertz CT molecular complexity index is 943. The number of halogens is 3. The van der Waals surface area contributed by atoms with Gasteiger partial charge in [-0.15, -0.1) is 0 Å². The Kier molecular flexibility index (Phi) is 5.24. The Morgan fingerprint density at radius 3 is 2.50 bits per heavy atom. The Labute approximate surface area is 161 Å². The Hall–Kier alpha value is -2.76. The Morgan fingerprint density at radius 2 is 1.93 bits per heavy atom. The van der Waals surface area contributed by atoms with Crippen LogP contribution >= 0.6 is 0 Å².